The van der Waals surface area contributed by atoms with Crippen molar-refractivity contribution < 1.29 is 9.84 Å². The van der Waals surface area contributed by atoms with Crippen molar-refractivity contribution in [1.29, 1.82) is 0 Å². The fourth-order valence-electron chi connectivity index (χ4n) is 2.19. The summed E-state index contributed by atoms with van der Waals surface area (Å²) in [5.74, 6) is 0. The highest BCUT2D eigenvalue weighted by Gasteiger charge is 2.10. The van der Waals surface area contributed by atoms with Gasteiger partial charge in [-0.15, -0.1) is 0 Å². The highest BCUT2D eigenvalue weighted by molar-refractivity contribution is 5.37. The van der Waals surface area contributed by atoms with Crippen molar-refractivity contribution in [2.24, 2.45) is 0 Å². The molecule has 1 atom stereocenters. The number of benzene rings is 1. The molecule has 0 amide bonds. The Kier molecular flexibility index (Phi) is 5.66. The molecule has 0 fully saturated rings. The predicted molar refractivity (Wildman–Crippen MR) is 71.5 cm³/mol. The summed E-state index contributed by atoms with van der Waals surface area (Å²) in [6, 6.07) is 4.34. The number of ether oxygens (including phenoxy) is 1. The Balaban J connectivity index is 2.61. The number of rotatable bonds is 6. The van der Waals surface area contributed by atoms with E-state index in [1.165, 1.54) is 22.3 Å². The molecule has 1 rings (SSSR count). The van der Waals surface area contributed by atoms with Gasteiger partial charge in [0.05, 0.1) is 12.7 Å². The zero-order chi connectivity index (χ0) is 12.8. The van der Waals surface area contributed by atoms with Crippen LogP contribution in [0.5, 0.6) is 0 Å². The van der Waals surface area contributed by atoms with Gasteiger partial charge < -0.3 is 9.84 Å². The van der Waals surface area contributed by atoms with Gasteiger partial charge in [-0.25, -0.2) is 0 Å². The third kappa shape index (κ3) is 4.49. The van der Waals surface area contributed by atoms with E-state index >= 15 is 0 Å². The van der Waals surface area contributed by atoms with Gasteiger partial charge in [0.15, 0.2) is 0 Å². The lowest BCUT2D eigenvalue weighted by Gasteiger charge is -2.15. The largest absolute Gasteiger partial charge is 0.390 e. The average Bonchev–Trinajstić information content (AvgIpc) is 2.24. The standard InChI is InChI=1S/C15H24O2/c1-5-6-17-10-14(16)9-15-12(3)7-11(2)8-13(15)4/h7-8,14,16H,5-6,9-10H2,1-4H3. The van der Waals surface area contributed by atoms with Gasteiger partial charge in [0.25, 0.3) is 0 Å². The molecule has 0 spiro atoms. The van der Waals surface area contributed by atoms with E-state index in [-0.39, 0.29) is 0 Å². The molecule has 96 valence electrons. The molecule has 2 heteroatoms. The van der Waals surface area contributed by atoms with Crippen molar-refractivity contribution in [3.63, 3.8) is 0 Å². The third-order valence-corrected chi connectivity index (χ3v) is 2.94. The molecule has 0 aliphatic carbocycles. The summed E-state index contributed by atoms with van der Waals surface area (Å²) in [7, 11) is 0. The first-order valence-corrected chi connectivity index (χ1v) is 6.37. The number of hydrogen-bond donors (Lipinski definition) is 1. The lowest BCUT2D eigenvalue weighted by molar-refractivity contribution is 0.0373. The Bertz CT molecular complexity index is 335. The first kappa shape index (κ1) is 14.2. The second kappa shape index (κ2) is 6.77. The van der Waals surface area contributed by atoms with Gasteiger partial charge in [-0.05, 0) is 43.9 Å². The highest BCUT2D eigenvalue weighted by atomic mass is 16.5. The second-order valence-corrected chi connectivity index (χ2v) is 4.81. The molecule has 0 heterocycles. The number of aryl methyl sites for hydroxylation is 3. The van der Waals surface area contributed by atoms with Gasteiger partial charge in [0, 0.05) is 13.0 Å². The zero-order valence-corrected chi connectivity index (χ0v) is 11.4. The van der Waals surface area contributed by atoms with E-state index in [2.05, 4.69) is 39.8 Å². The first-order valence-electron chi connectivity index (χ1n) is 6.37. The maximum absolute atomic E-state index is 9.92. The molecule has 0 saturated heterocycles. The van der Waals surface area contributed by atoms with E-state index < -0.39 is 6.10 Å². The van der Waals surface area contributed by atoms with Crippen LogP contribution in [0.15, 0.2) is 12.1 Å². The molecule has 0 bridgehead atoms. The van der Waals surface area contributed by atoms with Crippen molar-refractivity contribution in [2.45, 2.75) is 46.6 Å². The van der Waals surface area contributed by atoms with Gasteiger partial charge in [0.1, 0.15) is 0 Å². The summed E-state index contributed by atoms with van der Waals surface area (Å²) in [4.78, 5) is 0. The molecule has 0 saturated carbocycles. The van der Waals surface area contributed by atoms with Crippen LogP contribution in [0.1, 0.15) is 35.6 Å². The molecule has 2 nitrogen and oxygen atoms in total. The molecule has 0 aliphatic rings. The summed E-state index contributed by atoms with van der Waals surface area (Å²) in [5, 5.41) is 9.92. The van der Waals surface area contributed by atoms with E-state index in [0.29, 0.717) is 13.0 Å². The fraction of sp³-hybridized carbons (Fsp3) is 0.600. The molecule has 1 aromatic carbocycles. The lowest BCUT2D eigenvalue weighted by Crippen LogP contribution is -2.19. The SMILES string of the molecule is CCCOCC(O)Cc1c(C)cc(C)cc1C. The van der Waals surface area contributed by atoms with Gasteiger partial charge in [-0.3, -0.25) is 0 Å². The van der Waals surface area contributed by atoms with E-state index in [1.54, 1.807) is 0 Å². The smallest absolute Gasteiger partial charge is 0.0814 e. The van der Waals surface area contributed by atoms with Crippen LogP contribution in [0.2, 0.25) is 0 Å². The minimum atomic E-state index is -0.401. The normalized spacial score (nSPS) is 12.8. The summed E-state index contributed by atoms with van der Waals surface area (Å²) in [5.41, 5.74) is 5.05. The minimum Gasteiger partial charge on any atom is -0.390 e. The number of aliphatic hydroxyl groups excluding tert-OH is 1. The van der Waals surface area contributed by atoms with E-state index in [1.807, 2.05) is 0 Å². The molecule has 0 aliphatic heterocycles. The summed E-state index contributed by atoms with van der Waals surface area (Å²) < 4.78 is 5.37. The van der Waals surface area contributed by atoms with Crippen LogP contribution < -0.4 is 0 Å². The average molecular weight is 236 g/mol. The third-order valence-electron chi connectivity index (χ3n) is 2.94. The van der Waals surface area contributed by atoms with E-state index in [9.17, 15) is 5.11 Å². The Labute approximate surface area is 105 Å². The minimum absolute atomic E-state index is 0.401. The van der Waals surface area contributed by atoms with Gasteiger partial charge in [-0.1, -0.05) is 24.6 Å². The van der Waals surface area contributed by atoms with Crippen LogP contribution in [-0.2, 0) is 11.2 Å². The Hall–Kier alpha value is -0.860. The fourth-order valence-corrected chi connectivity index (χ4v) is 2.19. The zero-order valence-electron chi connectivity index (χ0n) is 11.4. The van der Waals surface area contributed by atoms with Crippen LogP contribution in [0.3, 0.4) is 0 Å². The van der Waals surface area contributed by atoms with E-state index in [0.717, 1.165) is 13.0 Å². The van der Waals surface area contributed by atoms with Crippen molar-refractivity contribution in [1.82, 2.24) is 0 Å². The Morgan fingerprint density at radius 2 is 1.76 bits per heavy atom. The van der Waals surface area contributed by atoms with Gasteiger partial charge in [-0.2, -0.15) is 0 Å². The van der Waals surface area contributed by atoms with Crippen molar-refractivity contribution in [3.05, 3.63) is 34.4 Å². The van der Waals surface area contributed by atoms with Crippen molar-refractivity contribution >= 4 is 0 Å². The van der Waals surface area contributed by atoms with Crippen molar-refractivity contribution in [3.8, 4) is 0 Å². The van der Waals surface area contributed by atoms with Crippen LogP contribution in [0.25, 0.3) is 0 Å². The monoisotopic (exact) mass is 236 g/mol. The maximum atomic E-state index is 9.92. The lowest BCUT2D eigenvalue weighted by atomic mass is 9.95. The first-order chi connectivity index (χ1) is 8.04. The number of aliphatic hydroxyl groups is 1. The Morgan fingerprint density at radius 3 is 2.29 bits per heavy atom. The Morgan fingerprint density at radius 1 is 1.18 bits per heavy atom. The molecule has 0 aromatic heterocycles. The topological polar surface area (TPSA) is 29.5 Å². The van der Waals surface area contributed by atoms with Crippen LogP contribution in [-0.4, -0.2) is 24.4 Å². The molecule has 1 N–H and O–H groups in total. The van der Waals surface area contributed by atoms with Gasteiger partial charge >= 0.3 is 0 Å². The second-order valence-electron chi connectivity index (χ2n) is 4.81. The molecule has 0 radical (unpaired) electrons. The van der Waals surface area contributed by atoms with Crippen LogP contribution in [0, 0.1) is 20.8 Å². The van der Waals surface area contributed by atoms with E-state index in [4.69, 9.17) is 4.74 Å². The molecule has 1 aromatic rings. The molecular formula is C15H24O2. The summed E-state index contributed by atoms with van der Waals surface area (Å²) >= 11 is 0. The quantitative estimate of drug-likeness (QED) is 0.769. The molecule has 17 heavy (non-hydrogen) atoms. The summed E-state index contributed by atoms with van der Waals surface area (Å²) in [6.07, 6.45) is 1.28. The highest BCUT2D eigenvalue weighted by Crippen LogP contribution is 2.18. The molecular weight excluding hydrogens is 212 g/mol. The van der Waals surface area contributed by atoms with Crippen LogP contribution in [0.4, 0.5) is 0 Å². The summed E-state index contributed by atoms with van der Waals surface area (Å²) in [6.45, 7) is 9.54. The van der Waals surface area contributed by atoms with Crippen LogP contribution >= 0.6 is 0 Å². The number of hydrogen-bond acceptors (Lipinski definition) is 2. The predicted octanol–water partition coefficient (Wildman–Crippen LogP) is 2.94. The van der Waals surface area contributed by atoms with Gasteiger partial charge in [0.2, 0.25) is 0 Å². The maximum Gasteiger partial charge on any atom is 0.0814 e. The molecule has 1 unspecified atom stereocenters. The van der Waals surface area contributed by atoms with Crippen molar-refractivity contribution in [2.75, 3.05) is 13.2 Å².